The van der Waals surface area contributed by atoms with Crippen molar-refractivity contribution in [3.05, 3.63) is 29.8 Å². The van der Waals surface area contributed by atoms with Gasteiger partial charge < -0.3 is 15.7 Å². The highest BCUT2D eigenvalue weighted by Crippen LogP contribution is 2.42. The van der Waals surface area contributed by atoms with E-state index in [9.17, 15) is 9.90 Å². The fraction of sp³-hybridized carbons (Fsp3) is 0.562. The number of hydrogen-bond acceptors (Lipinski definition) is 3. The molecule has 2 rings (SSSR count). The molecule has 110 valence electrons. The first-order valence-corrected chi connectivity index (χ1v) is 7.23. The Morgan fingerprint density at radius 2 is 2.00 bits per heavy atom. The first-order chi connectivity index (χ1) is 9.43. The van der Waals surface area contributed by atoms with E-state index in [-0.39, 0.29) is 17.4 Å². The number of likely N-dealkylation sites (N-methyl/N-ethyl adjacent to an activating group) is 1. The Labute approximate surface area is 120 Å². The van der Waals surface area contributed by atoms with Crippen molar-refractivity contribution in [2.45, 2.75) is 45.8 Å². The van der Waals surface area contributed by atoms with E-state index < -0.39 is 0 Å². The van der Waals surface area contributed by atoms with E-state index in [4.69, 9.17) is 0 Å². The van der Waals surface area contributed by atoms with Gasteiger partial charge in [-0.1, -0.05) is 26.0 Å². The topological polar surface area (TPSA) is 61.4 Å². The Morgan fingerprint density at radius 3 is 2.50 bits per heavy atom. The second-order valence-corrected chi connectivity index (χ2v) is 6.10. The number of rotatable bonds is 5. The first kappa shape index (κ1) is 14.9. The van der Waals surface area contributed by atoms with Crippen LogP contribution in [0, 0.1) is 5.41 Å². The molecular formula is C16H24N2O2. The molecule has 0 bridgehead atoms. The Balaban J connectivity index is 1.91. The van der Waals surface area contributed by atoms with Gasteiger partial charge in [-0.25, -0.2) is 0 Å². The molecule has 20 heavy (non-hydrogen) atoms. The van der Waals surface area contributed by atoms with Gasteiger partial charge in [0.15, 0.2) is 0 Å². The summed E-state index contributed by atoms with van der Waals surface area (Å²) in [6, 6.07) is 8.23. The van der Waals surface area contributed by atoms with E-state index in [0.29, 0.717) is 19.0 Å². The van der Waals surface area contributed by atoms with Crippen molar-refractivity contribution in [2.24, 2.45) is 5.41 Å². The predicted molar refractivity (Wildman–Crippen MR) is 80.6 cm³/mol. The van der Waals surface area contributed by atoms with Crippen LogP contribution in [0.25, 0.3) is 0 Å². The second kappa shape index (κ2) is 5.83. The predicted octanol–water partition coefficient (Wildman–Crippen LogP) is 1.94. The molecule has 2 atom stereocenters. The van der Waals surface area contributed by atoms with Crippen LogP contribution in [0.4, 0.5) is 5.69 Å². The molecule has 1 saturated carbocycles. The highest BCUT2D eigenvalue weighted by atomic mass is 16.3. The molecular weight excluding hydrogens is 252 g/mol. The maximum atomic E-state index is 11.5. The van der Waals surface area contributed by atoms with Gasteiger partial charge in [0.05, 0.1) is 12.5 Å². The van der Waals surface area contributed by atoms with Crippen molar-refractivity contribution in [1.29, 1.82) is 0 Å². The summed E-state index contributed by atoms with van der Waals surface area (Å²) >= 11 is 0. The van der Waals surface area contributed by atoms with Crippen molar-refractivity contribution in [1.82, 2.24) is 5.32 Å². The van der Waals surface area contributed by atoms with Crippen molar-refractivity contribution < 1.29 is 9.90 Å². The molecule has 0 aromatic heterocycles. The number of benzene rings is 1. The third-order valence-electron chi connectivity index (χ3n) is 4.25. The van der Waals surface area contributed by atoms with Gasteiger partial charge in [0.25, 0.3) is 0 Å². The van der Waals surface area contributed by atoms with E-state index in [1.54, 1.807) is 0 Å². The second-order valence-electron chi connectivity index (χ2n) is 6.10. The van der Waals surface area contributed by atoms with Crippen molar-refractivity contribution in [3.8, 4) is 0 Å². The molecule has 1 amide bonds. The number of aliphatic hydroxyl groups is 1. The van der Waals surface area contributed by atoms with Crippen LogP contribution in [0.5, 0.6) is 0 Å². The Morgan fingerprint density at radius 1 is 1.35 bits per heavy atom. The van der Waals surface area contributed by atoms with Gasteiger partial charge in [-0.2, -0.15) is 0 Å². The van der Waals surface area contributed by atoms with Crippen molar-refractivity contribution in [2.75, 3.05) is 11.9 Å². The lowest BCUT2D eigenvalue weighted by Gasteiger charge is -2.49. The smallest absolute Gasteiger partial charge is 0.224 e. The fourth-order valence-electron chi connectivity index (χ4n) is 2.51. The molecule has 1 fully saturated rings. The number of anilines is 1. The zero-order valence-electron chi connectivity index (χ0n) is 12.4. The summed E-state index contributed by atoms with van der Waals surface area (Å²) in [7, 11) is 0. The number of aliphatic hydroxyl groups excluding tert-OH is 1. The van der Waals surface area contributed by atoms with Crippen molar-refractivity contribution in [3.63, 3.8) is 0 Å². The standard InChI is InChI=1S/C16H24N2O2/c1-4-17-15(20)9-11-5-7-12(8-6-11)18-13-10-14(19)16(13,2)3/h5-8,13-14,18-19H,4,9-10H2,1-3H3,(H,17,20). The van der Waals surface area contributed by atoms with Gasteiger partial charge in [0, 0.05) is 23.7 Å². The van der Waals surface area contributed by atoms with E-state index in [1.807, 2.05) is 31.2 Å². The molecule has 3 N–H and O–H groups in total. The summed E-state index contributed by atoms with van der Waals surface area (Å²) in [4.78, 5) is 11.5. The zero-order valence-corrected chi connectivity index (χ0v) is 12.4. The van der Waals surface area contributed by atoms with E-state index >= 15 is 0 Å². The highest BCUT2D eigenvalue weighted by Gasteiger charge is 2.47. The Kier molecular flexibility index (Phi) is 4.33. The number of nitrogens with one attached hydrogen (secondary N) is 2. The SMILES string of the molecule is CCNC(=O)Cc1ccc(NC2CC(O)C2(C)C)cc1. The maximum absolute atomic E-state index is 11.5. The fourth-order valence-corrected chi connectivity index (χ4v) is 2.51. The monoisotopic (exact) mass is 276 g/mol. The Bertz CT molecular complexity index is 468. The quantitative estimate of drug-likeness (QED) is 0.770. The summed E-state index contributed by atoms with van der Waals surface area (Å²) in [5, 5.41) is 16.0. The number of amides is 1. The van der Waals surface area contributed by atoms with Gasteiger partial charge in [-0.3, -0.25) is 4.79 Å². The van der Waals surface area contributed by atoms with Gasteiger partial charge >= 0.3 is 0 Å². The zero-order chi connectivity index (χ0) is 14.8. The van der Waals surface area contributed by atoms with Crippen LogP contribution in [0.15, 0.2) is 24.3 Å². The summed E-state index contributed by atoms with van der Waals surface area (Å²) in [6.07, 6.45) is 0.979. The summed E-state index contributed by atoms with van der Waals surface area (Å²) in [5.41, 5.74) is 1.96. The minimum absolute atomic E-state index is 0.0523. The van der Waals surface area contributed by atoms with Crippen molar-refractivity contribution >= 4 is 11.6 Å². The average Bonchev–Trinajstić information content (AvgIpc) is 2.41. The van der Waals surface area contributed by atoms with Crippen LogP contribution in [0.2, 0.25) is 0 Å². The number of carbonyl (C=O) groups excluding carboxylic acids is 1. The molecule has 0 spiro atoms. The highest BCUT2D eigenvalue weighted by molar-refractivity contribution is 5.78. The van der Waals surface area contributed by atoms with Crippen LogP contribution in [-0.2, 0) is 11.2 Å². The third-order valence-corrected chi connectivity index (χ3v) is 4.25. The van der Waals surface area contributed by atoms with E-state index in [1.165, 1.54) is 0 Å². The molecule has 1 aliphatic carbocycles. The Hall–Kier alpha value is -1.55. The summed E-state index contributed by atoms with van der Waals surface area (Å²) in [6.45, 7) is 6.72. The molecule has 4 nitrogen and oxygen atoms in total. The van der Waals surface area contributed by atoms with Crippen LogP contribution in [0.3, 0.4) is 0 Å². The molecule has 1 aromatic carbocycles. The first-order valence-electron chi connectivity index (χ1n) is 7.23. The molecule has 2 unspecified atom stereocenters. The van der Waals surface area contributed by atoms with Crippen LogP contribution >= 0.6 is 0 Å². The minimum atomic E-state index is -0.225. The van der Waals surface area contributed by atoms with Gasteiger partial charge in [0.2, 0.25) is 5.91 Å². The van der Waals surface area contributed by atoms with Gasteiger partial charge in [-0.15, -0.1) is 0 Å². The van der Waals surface area contributed by atoms with Crippen LogP contribution < -0.4 is 10.6 Å². The molecule has 0 heterocycles. The summed E-state index contributed by atoms with van der Waals surface area (Å²) < 4.78 is 0. The number of carbonyl (C=O) groups is 1. The molecule has 0 saturated heterocycles. The lowest BCUT2D eigenvalue weighted by atomic mass is 9.64. The van der Waals surface area contributed by atoms with Gasteiger partial charge in [0.1, 0.15) is 0 Å². The molecule has 0 aliphatic heterocycles. The largest absolute Gasteiger partial charge is 0.392 e. The van der Waals surface area contributed by atoms with E-state index in [0.717, 1.165) is 17.7 Å². The third kappa shape index (κ3) is 3.12. The summed E-state index contributed by atoms with van der Waals surface area (Å²) in [5.74, 6) is 0.0523. The normalized spacial score (nSPS) is 23.8. The van der Waals surface area contributed by atoms with Crippen LogP contribution in [0.1, 0.15) is 32.8 Å². The molecule has 1 aliphatic rings. The molecule has 0 radical (unpaired) electrons. The lowest BCUT2D eigenvalue weighted by molar-refractivity contribution is -0.120. The molecule has 4 heteroatoms. The van der Waals surface area contributed by atoms with Crippen LogP contribution in [-0.4, -0.2) is 29.7 Å². The number of hydrogen-bond donors (Lipinski definition) is 3. The van der Waals surface area contributed by atoms with Gasteiger partial charge in [-0.05, 0) is 31.0 Å². The minimum Gasteiger partial charge on any atom is -0.392 e. The lowest BCUT2D eigenvalue weighted by Crippen LogP contribution is -2.56. The average molecular weight is 276 g/mol. The molecule has 1 aromatic rings. The maximum Gasteiger partial charge on any atom is 0.224 e. The van der Waals surface area contributed by atoms with E-state index in [2.05, 4.69) is 24.5 Å².